The third-order valence-electron chi connectivity index (χ3n) is 6.18. The average Bonchev–Trinajstić information content (AvgIpc) is 3.02. The van der Waals surface area contributed by atoms with Gasteiger partial charge in [-0.05, 0) is 73.6 Å². The van der Waals surface area contributed by atoms with E-state index in [2.05, 4.69) is 90.1 Å². The third kappa shape index (κ3) is 14.3. The molecule has 216 valence electrons. The van der Waals surface area contributed by atoms with Crippen molar-refractivity contribution in [2.45, 2.75) is 107 Å². The highest BCUT2D eigenvalue weighted by atomic mass is 14.0. The molecule has 0 aliphatic carbocycles. The summed E-state index contributed by atoms with van der Waals surface area (Å²) in [6.45, 7) is 23.8. The van der Waals surface area contributed by atoms with E-state index in [1.54, 1.807) is 13.8 Å². The van der Waals surface area contributed by atoms with E-state index in [9.17, 15) is 0 Å². The lowest BCUT2D eigenvalue weighted by molar-refractivity contribution is 0.866. The van der Waals surface area contributed by atoms with Crippen LogP contribution in [0.3, 0.4) is 0 Å². The Kier molecular flexibility index (Phi) is 10.8. The smallest absolute Gasteiger partial charge is 0.0590 e. The molecule has 40 heavy (non-hydrogen) atoms. The van der Waals surface area contributed by atoms with Gasteiger partial charge in [0.05, 0.1) is 11.0 Å². The Morgan fingerprint density at radius 2 is 0.550 bits per heavy atom. The van der Waals surface area contributed by atoms with Gasteiger partial charge in [0.15, 0.2) is 0 Å². The van der Waals surface area contributed by atoms with Gasteiger partial charge < -0.3 is 0 Å². The Labute approximate surface area is 259 Å². The molecular weight excluding hydrogens is 480 g/mol. The van der Waals surface area contributed by atoms with Crippen molar-refractivity contribution in [1.82, 2.24) is 0 Å². The van der Waals surface area contributed by atoms with E-state index in [0.29, 0.717) is 34.1 Å². The fourth-order valence-electron chi connectivity index (χ4n) is 3.25. The molecule has 0 spiro atoms. The molecule has 0 atom stereocenters. The second-order valence-corrected chi connectivity index (χ2v) is 11.5. The van der Waals surface area contributed by atoms with E-state index in [1.807, 2.05) is 27.7 Å². The molecule has 0 saturated carbocycles. The van der Waals surface area contributed by atoms with Crippen molar-refractivity contribution in [3.63, 3.8) is 0 Å². The van der Waals surface area contributed by atoms with Gasteiger partial charge in [-0.1, -0.05) is 175 Å². The third-order valence-corrected chi connectivity index (χ3v) is 6.18. The molecule has 0 heteroatoms. The quantitative estimate of drug-likeness (QED) is 0.240. The van der Waals surface area contributed by atoms with Crippen LogP contribution in [0.1, 0.15) is 135 Å². The van der Waals surface area contributed by atoms with Crippen LogP contribution in [0.15, 0.2) is 96.9 Å². The molecule has 4 rings (SSSR count). The number of benzene rings is 4. The molecule has 0 aliphatic rings. The van der Waals surface area contributed by atoms with Crippen molar-refractivity contribution in [2.75, 3.05) is 0 Å². The second-order valence-electron chi connectivity index (χ2n) is 11.5. The summed E-state index contributed by atoms with van der Waals surface area (Å²) in [5.74, 6) is 1.34. The average molecular weight is 545 g/mol. The normalized spacial score (nSPS) is 13.2. The highest BCUT2D eigenvalue weighted by Gasteiger charge is 1.97. The van der Waals surface area contributed by atoms with Gasteiger partial charge in [0, 0.05) is 0 Å². The van der Waals surface area contributed by atoms with Crippen molar-refractivity contribution in [3.05, 3.63) is 141 Å². The van der Waals surface area contributed by atoms with Crippen molar-refractivity contribution >= 4 is 0 Å². The van der Waals surface area contributed by atoms with Gasteiger partial charge in [-0.25, -0.2) is 0 Å². The first-order valence-electron chi connectivity index (χ1n) is 18.4. The zero-order chi connectivity index (χ0) is 37.2. The van der Waals surface area contributed by atoms with Gasteiger partial charge in [0.25, 0.3) is 0 Å². The lowest BCUT2D eigenvalue weighted by Gasteiger charge is -2.03. The van der Waals surface area contributed by atoms with Gasteiger partial charge in [0.1, 0.15) is 0 Å². The summed E-state index contributed by atoms with van der Waals surface area (Å²) in [7, 11) is 0. The molecule has 0 heterocycles. The molecule has 0 aliphatic heterocycles. The minimum atomic E-state index is 0.0174. The maximum absolute atomic E-state index is 7.71. The van der Waals surface area contributed by atoms with Crippen LogP contribution in [0.25, 0.3) is 0 Å². The summed E-state index contributed by atoms with van der Waals surface area (Å²) in [6, 6.07) is 18.1. The molecule has 0 radical (unpaired) electrons. The van der Waals surface area contributed by atoms with E-state index in [-0.39, 0.29) is 60.2 Å². The van der Waals surface area contributed by atoms with Crippen LogP contribution in [-0.2, 0) is 0 Å². The van der Waals surface area contributed by atoms with Crippen molar-refractivity contribution < 1.29 is 11.0 Å². The number of hydrogen-bond acceptors (Lipinski definition) is 0. The van der Waals surface area contributed by atoms with Gasteiger partial charge in [-0.15, -0.1) is 0 Å². The Bertz CT molecular complexity index is 1440. The van der Waals surface area contributed by atoms with Gasteiger partial charge >= 0.3 is 0 Å². The SMILES string of the molecule is Cc1ccc(C(C)C)cc1.Cc1ccc(C(C)C)cc1.[2H]c1c([2H])c(C(C)C)c([2H])c([2H])c1C.[2H]c1c([2H])c(C(C)C)c([2H])c([2H])c1C. The summed E-state index contributed by atoms with van der Waals surface area (Å²) in [5, 5.41) is 0. The molecule has 0 N–H and O–H groups in total. The molecule has 0 bridgehead atoms. The molecule has 0 amide bonds. The van der Waals surface area contributed by atoms with Crippen LogP contribution >= 0.6 is 0 Å². The maximum atomic E-state index is 7.71. The van der Waals surface area contributed by atoms with Crippen LogP contribution in [-0.4, -0.2) is 0 Å². The Morgan fingerprint density at radius 1 is 0.325 bits per heavy atom. The fourth-order valence-corrected chi connectivity index (χ4v) is 3.25. The molecule has 0 fully saturated rings. The Balaban J connectivity index is 0.000000324. The van der Waals surface area contributed by atoms with Crippen LogP contribution in [0.2, 0.25) is 0 Å². The highest BCUT2D eigenvalue weighted by molar-refractivity contribution is 5.25. The molecule has 4 aromatic rings. The van der Waals surface area contributed by atoms with E-state index in [0.717, 1.165) is 0 Å². The van der Waals surface area contributed by atoms with E-state index >= 15 is 0 Å². The second kappa shape index (κ2) is 18.3. The molecule has 0 saturated heterocycles. The summed E-state index contributed by atoms with van der Waals surface area (Å²) in [6.07, 6.45) is 0. The number of aryl methyl sites for hydroxylation is 2. The summed E-state index contributed by atoms with van der Waals surface area (Å²) in [5.41, 5.74) is 7.37. The minimum Gasteiger partial charge on any atom is -0.0590 e. The van der Waals surface area contributed by atoms with Crippen molar-refractivity contribution in [1.29, 1.82) is 0 Å². The Hall–Kier alpha value is -3.12. The lowest BCUT2D eigenvalue weighted by atomic mass is 10.0. The van der Waals surface area contributed by atoms with Crippen LogP contribution < -0.4 is 0 Å². The highest BCUT2D eigenvalue weighted by Crippen LogP contribution is 2.16. The van der Waals surface area contributed by atoms with Gasteiger partial charge in [-0.2, -0.15) is 0 Å². The largest absolute Gasteiger partial charge is 0.0626 e. The van der Waals surface area contributed by atoms with Crippen molar-refractivity contribution in [2.24, 2.45) is 0 Å². The molecule has 0 aromatic heterocycles. The molecular formula is C40H56. The van der Waals surface area contributed by atoms with Crippen LogP contribution in [0, 0.1) is 27.7 Å². The van der Waals surface area contributed by atoms with E-state index < -0.39 is 0 Å². The maximum Gasteiger partial charge on any atom is 0.0626 e. The van der Waals surface area contributed by atoms with Gasteiger partial charge in [-0.3, -0.25) is 0 Å². The molecule has 4 aromatic carbocycles. The zero-order valence-corrected chi connectivity index (χ0v) is 26.9. The lowest BCUT2D eigenvalue weighted by Crippen LogP contribution is -1.85. The standard InChI is InChI=1S/4C10H14/c4*1-8(2)10-6-4-9(3)5-7-10/h4*4-8H,1-3H3/i2*4D,5D,6D,7D;;. The fraction of sp³-hybridized carbons (Fsp3) is 0.400. The first kappa shape index (κ1) is 23.6. The zero-order valence-electron chi connectivity index (χ0n) is 34.9. The first-order valence-corrected chi connectivity index (χ1v) is 14.4. The summed E-state index contributed by atoms with van der Waals surface area (Å²) in [4.78, 5) is 0. The van der Waals surface area contributed by atoms with Crippen LogP contribution in [0.4, 0.5) is 0 Å². The van der Waals surface area contributed by atoms with E-state index in [4.69, 9.17) is 11.0 Å². The van der Waals surface area contributed by atoms with E-state index in [1.165, 1.54) is 22.3 Å². The molecule has 0 unspecified atom stereocenters. The number of hydrogen-bond donors (Lipinski definition) is 0. The minimum absolute atomic E-state index is 0.0174. The Morgan fingerprint density at radius 3 is 0.750 bits per heavy atom. The predicted molar refractivity (Wildman–Crippen MR) is 181 cm³/mol. The topological polar surface area (TPSA) is 0 Å². The monoisotopic (exact) mass is 544 g/mol. The molecule has 0 nitrogen and oxygen atoms in total. The van der Waals surface area contributed by atoms with Crippen molar-refractivity contribution in [3.8, 4) is 0 Å². The summed E-state index contributed by atoms with van der Waals surface area (Å²) >= 11 is 0. The number of rotatable bonds is 4. The first-order chi connectivity index (χ1) is 22.1. The predicted octanol–water partition coefficient (Wildman–Crippen LogP) is 12.5. The van der Waals surface area contributed by atoms with Gasteiger partial charge in [0.2, 0.25) is 0 Å². The summed E-state index contributed by atoms with van der Waals surface area (Å²) < 4.78 is 61.4. The van der Waals surface area contributed by atoms with Crippen LogP contribution in [0.5, 0.6) is 0 Å².